The minimum Gasteiger partial charge on any atom is -0.491 e. The van der Waals surface area contributed by atoms with E-state index in [0.29, 0.717) is 15.8 Å². The van der Waals surface area contributed by atoms with Crippen molar-refractivity contribution >= 4 is 26.9 Å². The van der Waals surface area contributed by atoms with Gasteiger partial charge >= 0.3 is 5.63 Å². The van der Waals surface area contributed by atoms with Gasteiger partial charge in [-0.15, -0.1) is 10.1 Å². The van der Waals surface area contributed by atoms with Crippen LogP contribution >= 0.6 is 15.9 Å². The number of benzene rings is 1. The second-order valence-electron chi connectivity index (χ2n) is 3.89. The van der Waals surface area contributed by atoms with Gasteiger partial charge < -0.3 is 14.0 Å². The van der Waals surface area contributed by atoms with Crippen molar-refractivity contribution in [3.8, 4) is 5.75 Å². The molecule has 0 atom stereocenters. The second-order valence-corrected chi connectivity index (χ2v) is 4.68. The molecular formula is C12H10BrNO6. The van der Waals surface area contributed by atoms with Gasteiger partial charge in [-0.05, 0) is 40.5 Å². The summed E-state index contributed by atoms with van der Waals surface area (Å²) in [5.74, 6) is 0.439. The molecule has 0 unspecified atom stereocenters. The zero-order chi connectivity index (χ0) is 14.7. The molecule has 8 heteroatoms. The fourth-order valence-electron chi connectivity index (χ4n) is 1.67. The first kappa shape index (κ1) is 14.3. The predicted octanol–water partition coefficient (Wildman–Crippen LogP) is 2.45. The van der Waals surface area contributed by atoms with E-state index in [0.717, 1.165) is 10.9 Å². The van der Waals surface area contributed by atoms with Gasteiger partial charge in [-0.25, -0.2) is 4.79 Å². The first-order chi connectivity index (χ1) is 9.49. The third kappa shape index (κ3) is 3.08. The van der Waals surface area contributed by atoms with Gasteiger partial charge in [-0.2, -0.15) is 0 Å². The van der Waals surface area contributed by atoms with Crippen molar-refractivity contribution in [1.29, 1.82) is 0 Å². The molecule has 1 aromatic heterocycles. The van der Waals surface area contributed by atoms with Gasteiger partial charge in [0.1, 0.15) is 29.0 Å². The van der Waals surface area contributed by atoms with Crippen LogP contribution in [0.1, 0.15) is 5.56 Å². The van der Waals surface area contributed by atoms with E-state index in [1.165, 1.54) is 0 Å². The maximum Gasteiger partial charge on any atom is 0.350 e. The number of fused-ring (bicyclic) bond motifs is 1. The van der Waals surface area contributed by atoms with E-state index in [1.807, 2.05) is 0 Å². The molecule has 0 radical (unpaired) electrons. The Morgan fingerprint density at radius 2 is 2.15 bits per heavy atom. The number of aryl methyl sites for hydroxylation is 1. The summed E-state index contributed by atoms with van der Waals surface area (Å²) in [6.07, 6.45) is 0. The quantitative estimate of drug-likeness (QED) is 0.358. The lowest BCUT2D eigenvalue weighted by atomic mass is 10.1. The number of ether oxygens (including phenoxy) is 1. The van der Waals surface area contributed by atoms with Crippen molar-refractivity contribution in [2.24, 2.45) is 0 Å². The molecule has 0 fully saturated rings. The summed E-state index contributed by atoms with van der Waals surface area (Å²) in [4.78, 5) is 25.6. The molecule has 0 bridgehead atoms. The summed E-state index contributed by atoms with van der Waals surface area (Å²) in [6.45, 7) is 1.65. The smallest absolute Gasteiger partial charge is 0.350 e. The molecule has 0 aliphatic heterocycles. The fraction of sp³-hybridized carbons (Fsp3) is 0.250. The molecule has 2 aromatic rings. The second kappa shape index (κ2) is 5.91. The molecule has 0 N–H and O–H groups in total. The van der Waals surface area contributed by atoms with Crippen LogP contribution in [0.3, 0.4) is 0 Å². The predicted molar refractivity (Wildman–Crippen MR) is 73.4 cm³/mol. The minimum atomic E-state index is -0.885. The molecule has 1 heterocycles. The van der Waals surface area contributed by atoms with Crippen molar-refractivity contribution in [3.63, 3.8) is 0 Å². The van der Waals surface area contributed by atoms with E-state index in [4.69, 9.17) is 9.15 Å². The largest absolute Gasteiger partial charge is 0.491 e. The van der Waals surface area contributed by atoms with Gasteiger partial charge in [-0.1, -0.05) is 0 Å². The number of rotatable bonds is 5. The Bertz CT molecular complexity index is 711. The number of hydrogen-bond donors (Lipinski definition) is 0. The van der Waals surface area contributed by atoms with E-state index in [2.05, 4.69) is 20.8 Å². The van der Waals surface area contributed by atoms with Crippen LogP contribution in [0.5, 0.6) is 5.75 Å². The highest BCUT2D eigenvalue weighted by atomic mass is 79.9. The standard InChI is InChI=1S/C12H10BrNO6/c1-7-9-3-2-8(18-4-5-19-14(16)17)6-10(9)20-12(15)11(7)13/h2-3,6H,4-5H2,1H3. The van der Waals surface area contributed by atoms with E-state index in [9.17, 15) is 14.9 Å². The molecule has 0 saturated carbocycles. The average Bonchev–Trinajstić information content (AvgIpc) is 2.41. The Kier molecular flexibility index (Phi) is 4.23. The van der Waals surface area contributed by atoms with E-state index in [1.54, 1.807) is 25.1 Å². The SMILES string of the molecule is Cc1c(Br)c(=O)oc2cc(OCCO[N+](=O)[O-])ccc12. The summed E-state index contributed by atoms with van der Waals surface area (Å²) in [5.41, 5.74) is 0.701. The molecule has 0 aliphatic carbocycles. The van der Waals surface area contributed by atoms with Crippen molar-refractivity contribution < 1.29 is 19.1 Å². The molecule has 0 spiro atoms. The van der Waals surface area contributed by atoms with Crippen LogP contribution in [0.2, 0.25) is 0 Å². The van der Waals surface area contributed by atoms with Crippen LogP contribution in [0.15, 0.2) is 31.9 Å². The highest BCUT2D eigenvalue weighted by Crippen LogP contribution is 2.26. The molecule has 20 heavy (non-hydrogen) atoms. The van der Waals surface area contributed by atoms with Gasteiger partial charge in [0.25, 0.3) is 5.09 Å². The summed E-state index contributed by atoms with van der Waals surface area (Å²) < 4.78 is 10.8. The molecule has 0 amide bonds. The van der Waals surface area contributed by atoms with Crippen molar-refractivity contribution in [3.05, 3.63) is 48.8 Å². The molecule has 0 saturated heterocycles. The summed E-state index contributed by atoms with van der Waals surface area (Å²) in [7, 11) is 0. The van der Waals surface area contributed by atoms with Gasteiger partial charge in [0.2, 0.25) is 0 Å². The summed E-state index contributed by atoms with van der Waals surface area (Å²) in [5, 5.41) is 9.86. The zero-order valence-corrected chi connectivity index (χ0v) is 12.0. The topological polar surface area (TPSA) is 91.8 Å². The Labute approximate surface area is 121 Å². The number of hydrogen-bond acceptors (Lipinski definition) is 6. The molecular weight excluding hydrogens is 334 g/mol. The van der Waals surface area contributed by atoms with Gasteiger partial charge in [-0.3, -0.25) is 0 Å². The monoisotopic (exact) mass is 343 g/mol. The lowest BCUT2D eigenvalue weighted by Gasteiger charge is -2.07. The van der Waals surface area contributed by atoms with Crippen LogP contribution in [0.25, 0.3) is 11.0 Å². The van der Waals surface area contributed by atoms with Crippen LogP contribution in [-0.4, -0.2) is 18.3 Å². The fourth-order valence-corrected chi connectivity index (χ4v) is 1.97. The maximum absolute atomic E-state index is 11.6. The Morgan fingerprint density at radius 3 is 2.85 bits per heavy atom. The van der Waals surface area contributed by atoms with Gasteiger partial charge in [0, 0.05) is 11.5 Å². The van der Waals surface area contributed by atoms with Crippen molar-refractivity contribution in [2.75, 3.05) is 13.2 Å². The van der Waals surface area contributed by atoms with Crippen LogP contribution in [0.4, 0.5) is 0 Å². The Hall–Kier alpha value is -2.09. The number of halogens is 1. The third-order valence-corrected chi connectivity index (χ3v) is 3.54. The summed E-state index contributed by atoms with van der Waals surface area (Å²) in [6, 6.07) is 5.00. The average molecular weight is 344 g/mol. The lowest BCUT2D eigenvalue weighted by Crippen LogP contribution is -2.10. The maximum atomic E-state index is 11.6. The van der Waals surface area contributed by atoms with Crippen LogP contribution in [0, 0.1) is 17.0 Å². The number of nitrogens with zero attached hydrogens (tertiary/aromatic N) is 1. The van der Waals surface area contributed by atoms with Crippen molar-refractivity contribution in [2.45, 2.75) is 6.92 Å². The van der Waals surface area contributed by atoms with E-state index >= 15 is 0 Å². The molecule has 1 aromatic carbocycles. The Balaban J connectivity index is 2.19. The zero-order valence-electron chi connectivity index (χ0n) is 10.4. The van der Waals surface area contributed by atoms with Crippen LogP contribution in [-0.2, 0) is 4.84 Å². The van der Waals surface area contributed by atoms with Gasteiger partial charge in [0.05, 0.1) is 0 Å². The first-order valence-electron chi connectivity index (χ1n) is 5.62. The normalized spacial score (nSPS) is 10.5. The molecule has 0 aliphatic rings. The van der Waals surface area contributed by atoms with E-state index < -0.39 is 10.7 Å². The highest BCUT2D eigenvalue weighted by molar-refractivity contribution is 9.10. The molecule has 7 nitrogen and oxygen atoms in total. The molecule has 2 rings (SSSR count). The first-order valence-corrected chi connectivity index (χ1v) is 6.41. The Morgan fingerprint density at radius 1 is 1.40 bits per heavy atom. The van der Waals surface area contributed by atoms with E-state index in [-0.39, 0.29) is 13.2 Å². The van der Waals surface area contributed by atoms with Gasteiger partial charge in [0.15, 0.2) is 0 Å². The summed E-state index contributed by atoms with van der Waals surface area (Å²) >= 11 is 3.17. The molecule has 106 valence electrons. The van der Waals surface area contributed by atoms with Crippen LogP contribution < -0.4 is 10.4 Å². The highest BCUT2D eigenvalue weighted by Gasteiger charge is 2.09. The lowest BCUT2D eigenvalue weighted by molar-refractivity contribution is -0.757. The minimum absolute atomic E-state index is 0.0201. The third-order valence-electron chi connectivity index (χ3n) is 2.62. The van der Waals surface area contributed by atoms with Crippen molar-refractivity contribution in [1.82, 2.24) is 0 Å².